The van der Waals surface area contributed by atoms with Crippen LogP contribution in [0, 0.1) is 0 Å². The lowest BCUT2D eigenvalue weighted by Gasteiger charge is -1.96. The maximum absolute atomic E-state index is 8.92. The zero-order valence-electron chi connectivity index (χ0n) is 8.00. The van der Waals surface area contributed by atoms with E-state index in [1.807, 2.05) is 31.4 Å². The number of aromatic nitrogens is 1. The van der Waals surface area contributed by atoms with Crippen LogP contribution in [0.25, 0.3) is 10.9 Å². The van der Waals surface area contributed by atoms with E-state index in [4.69, 9.17) is 16.7 Å². The van der Waals surface area contributed by atoms with Gasteiger partial charge in [-0.05, 0) is 30.2 Å². The molecule has 74 valence electrons. The van der Waals surface area contributed by atoms with Gasteiger partial charge >= 0.3 is 0 Å². The number of hydrogen-bond acceptors (Lipinski definition) is 1. The molecule has 1 N–H and O–H groups in total. The highest BCUT2D eigenvalue weighted by atomic mass is 35.5. The highest BCUT2D eigenvalue weighted by Crippen LogP contribution is 2.24. The number of aliphatic hydroxyl groups is 1. The van der Waals surface area contributed by atoms with Gasteiger partial charge in [0.1, 0.15) is 0 Å². The van der Waals surface area contributed by atoms with Crippen molar-refractivity contribution in [3.8, 4) is 0 Å². The molecule has 1 aromatic heterocycles. The van der Waals surface area contributed by atoms with Crippen molar-refractivity contribution < 1.29 is 5.11 Å². The van der Waals surface area contributed by atoms with Crippen LogP contribution in [0.3, 0.4) is 0 Å². The van der Waals surface area contributed by atoms with E-state index in [1.54, 1.807) is 0 Å². The van der Waals surface area contributed by atoms with Crippen molar-refractivity contribution >= 4 is 22.5 Å². The van der Waals surface area contributed by atoms with E-state index in [2.05, 4.69) is 4.57 Å². The van der Waals surface area contributed by atoms with Gasteiger partial charge in [0.2, 0.25) is 0 Å². The predicted molar refractivity (Wildman–Crippen MR) is 58.7 cm³/mol. The van der Waals surface area contributed by atoms with Crippen LogP contribution in [0.2, 0.25) is 5.02 Å². The first-order valence-electron chi connectivity index (χ1n) is 4.56. The fourth-order valence-corrected chi connectivity index (χ4v) is 1.94. The van der Waals surface area contributed by atoms with Gasteiger partial charge in [0, 0.05) is 35.8 Å². The summed E-state index contributed by atoms with van der Waals surface area (Å²) in [6, 6.07) is 5.83. The van der Waals surface area contributed by atoms with Crippen LogP contribution in [-0.4, -0.2) is 16.3 Å². The molecule has 14 heavy (non-hydrogen) atoms. The summed E-state index contributed by atoms with van der Waals surface area (Å²) in [6.07, 6.45) is 2.72. The lowest BCUT2D eigenvalue weighted by molar-refractivity contribution is 0.300. The molecular weight excluding hydrogens is 198 g/mol. The third-order valence-corrected chi connectivity index (χ3v) is 2.65. The fraction of sp³-hybridized carbons (Fsp3) is 0.273. The number of aliphatic hydroxyl groups excluding tert-OH is 1. The largest absolute Gasteiger partial charge is 0.396 e. The molecule has 0 unspecified atom stereocenters. The number of hydrogen-bond donors (Lipinski definition) is 1. The van der Waals surface area contributed by atoms with Crippen LogP contribution in [-0.2, 0) is 13.5 Å². The van der Waals surface area contributed by atoms with Gasteiger partial charge in [-0.3, -0.25) is 0 Å². The van der Waals surface area contributed by atoms with Gasteiger partial charge < -0.3 is 9.67 Å². The number of halogens is 1. The first-order chi connectivity index (χ1) is 6.72. The van der Waals surface area contributed by atoms with Gasteiger partial charge in [0.15, 0.2) is 0 Å². The lowest BCUT2D eigenvalue weighted by Crippen LogP contribution is -1.88. The van der Waals surface area contributed by atoms with Crippen LogP contribution in [0.1, 0.15) is 5.56 Å². The van der Waals surface area contributed by atoms with E-state index in [0.29, 0.717) is 6.42 Å². The Morgan fingerprint density at radius 3 is 2.93 bits per heavy atom. The Balaban J connectivity index is 2.66. The molecule has 0 radical (unpaired) electrons. The summed E-state index contributed by atoms with van der Waals surface area (Å²) in [7, 11) is 2.00. The maximum atomic E-state index is 8.92. The summed E-state index contributed by atoms with van der Waals surface area (Å²) < 4.78 is 2.05. The minimum Gasteiger partial charge on any atom is -0.396 e. The molecule has 0 amide bonds. The third kappa shape index (κ3) is 1.51. The van der Waals surface area contributed by atoms with E-state index in [-0.39, 0.29) is 6.61 Å². The second kappa shape index (κ2) is 3.64. The van der Waals surface area contributed by atoms with Gasteiger partial charge in [-0.1, -0.05) is 11.6 Å². The maximum Gasteiger partial charge on any atom is 0.0481 e. The van der Waals surface area contributed by atoms with Crippen LogP contribution in [0.15, 0.2) is 24.4 Å². The predicted octanol–water partition coefficient (Wildman–Crippen LogP) is 2.37. The van der Waals surface area contributed by atoms with Crippen molar-refractivity contribution in [2.75, 3.05) is 6.61 Å². The van der Waals surface area contributed by atoms with Gasteiger partial charge in [-0.2, -0.15) is 0 Å². The number of fused-ring (bicyclic) bond motifs is 1. The fourth-order valence-electron chi connectivity index (χ4n) is 1.77. The van der Waals surface area contributed by atoms with E-state index >= 15 is 0 Å². The molecule has 0 aliphatic carbocycles. The van der Waals surface area contributed by atoms with Crippen molar-refractivity contribution in [3.05, 3.63) is 35.0 Å². The second-order valence-electron chi connectivity index (χ2n) is 3.40. The first kappa shape index (κ1) is 9.56. The molecule has 0 atom stereocenters. The summed E-state index contributed by atoms with van der Waals surface area (Å²) in [6.45, 7) is 0.172. The average molecular weight is 210 g/mol. The molecular formula is C11H12ClNO. The van der Waals surface area contributed by atoms with Crippen molar-refractivity contribution in [3.63, 3.8) is 0 Å². The Bertz CT molecular complexity index is 462. The average Bonchev–Trinajstić information content (AvgIpc) is 2.44. The van der Waals surface area contributed by atoms with E-state index in [9.17, 15) is 0 Å². The first-order valence-corrected chi connectivity index (χ1v) is 4.94. The van der Waals surface area contributed by atoms with E-state index in [0.717, 1.165) is 21.5 Å². The van der Waals surface area contributed by atoms with Crippen LogP contribution >= 0.6 is 11.6 Å². The summed E-state index contributed by atoms with van der Waals surface area (Å²) in [5.41, 5.74) is 2.30. The van der Waals surface area contributed by atoms with Crippen LogP contribution in [0.5, 0.6) is 0 Å². The molecule has 2 rings (SSSR count). The minimum atomic E-state index is 0.172. The normalized spacial score (nSPS) is 11.1. The van der Waals surface area contributed by atoms with Gasteiger partial charge in [0.25, 0.3) is 0 Å². The molecule has 0 bridgehead atoms. The number of aryl methyl sites for hydroxylation is 1. The molecule has 0 aliphatic heterocycles. The van der Waals surface area contributed by atoms with Crippen molar-refractivity contribution in [1.82, 2.24) is 4.57 Å². The molecule has 0 spiro atoms. The molecule has 0 aliphatic rings. The SMILES string of the molecule is Cn1cc(CCO)c2cc(Cl)ccc21. The van der Waals surface area contributed by atoms with Gasteiger partial charge in [-0.25, -0.2) is 0 Å². The Hall–Kier alpha value is -0.990. The smallest absolute Gasteiger partial charge is 0.0481 e. The number of benzene rings is 1. The zero-order chi connectivity index (χ0) is 10.1. The van der Waals surface area contributed by atoms with Crippen molar-refractivity contribution in [2.24, 2.45) is 7.05 Å². The molecule has 0 saturated carbocycles. The number of nitrogens with zero attached hydrogens (tertiary/aromatic N) is 1. The molecule has 0 saturated heterocycles. The Kier molecular flexibility index (Phi) is 2.48. The molecule has 3 heteroatoms. The van der Waals surface area contributed by atoms with Crippen molar-refractivity contribution in [2.45, 2.75) is 6.42 Å². The zero-order valence-corrected chi connectivity index (χ0v) is 8.75. The van der Waals surface area contributed by atoms with Crippen LogP contribution < -0.4 is 0 Å². The lowest BCUT2D eigenvalue weighted by atomic mass is 10.1. The second-order valence-corrected chi connectivity index (χ2v) is 3.84. The quantitative estimate of drug-likeness (QED) is 0.807. The third-order valence-electron chi connectivity index (χ3n) is 2.42. The monoisotopic (exact) mass is 209 g/mol. The Morgan fingerprint density at radius 2 is 2.21 bits per heavy atom. The summed E-state index contributed by atoms with van der Waals surface area (Å²) >= 11 is 5.93. The van der Waals surface area contributed by atoms with Gasteiger partial charge in [0.05, 0.1) is 0 Å². The number of rotatable bonds is 2. The van der Waals surface area contributed by atoms with Crippen molar-refractivity contribution in [1.29, 1.82) is 0 Å². The highest BCUT2D eigenvalue weighted by Gasteiger charge is 2.05. The van der Waals surface area contributed by atoms with Gasteiger partial charge in [-0.15, -0.1) is 0 Å². The molecule has 2 nitrogen and oxygen atoms in total. The highest BCUT2D eigenvalue weighted by molar-refractivity contribution is 6.31. The minimum absolute atomic E-state index is 0.172. The summed E-state index contributed by atoms with van der Waals surface area (Å²) in [5, 5.41) is 10.8. The topological polar surface area (TPSA) is 25.2 Å². The van der Waals surface area contributed by atoms with E-state index in [1.165, 1.54) is 0 Å². The molecule has 1 heterocycles. The molecule has 2 aromatic rings. The molecule has 0 fully saturated rings. The molecule has 1 aromatic carbocycles. The standard InChI is InChI=1S/C11H12ClNO/c1-13-7-8(4-5-14)10-6-9(12)2-3-11(10)13/h2-3,6-7,14H,4-5H2,1H3. The summed E-state index contributed by atoms with van der Waals surface area (Å²) in [4.78, 5) is 0. The Labute approximate surface area is 87.7 Å². The summed E-state index contributed by atoms with van der Waals surface area (Å²) in [5.74, 6) is 0. The van der Waals surface area contributed by atoms with Crippen LogP contribution in [0.4, 0.5) is 0 Å². The van der Waals surface area contributed by atoms with E-state index < -0.39 is 0 Å². The Morgan fingerprint density at radius 1 is 1.43 bits per heavy atom.